The van der Waals surface area contributed by atoms with Gasteiger partial charge in [-0.3, -0.25) is 0 Å². The SMILES string of the molecule is Nc1[c]([Tl])c(C(=O)NCC(O)CO)[c]([Tl])c(C(=O)NCC(O)CO)[c]1[Tl]. The van der Waals surface area contributed by atoms with Crippen LogP contribution < -0.4 is 25.7 Å². The monoisotopic (exact) mass is 939 g/mol. The van der Waals surface area contributed by atoms with Crippen LogP contribution in [-0.2, 0) is 0 Å². The molecular formula is C14H18N3O6Tl3. The molecule has 0 radical (unpaired) electrons. The van der Waals surface area contributed by atoms with Crippen molar-refractivity contribution in [1.29, 1.82) is 0 Å². The van der Waals surface area contributed by atoms with E-state index < -0.39 is 37.2 Å². The third-order valence-electron chi connectivity index (χ3n) is 3.53. The Morgan fingerprint density at radius 2 is 1.19 bits per heavy atom. The Morgan fingerprint density at radius 1 is 0.846 bits per heavy atom. The van der Waals surface area contributed by atoms with Gasteiger partial charge >= 0.3 is 200 Å². The minimum absolute atomic E-state index is 0.0992. The van der Waals surface area contributed by atoms with Crippen molar-refractivity contribution in [3.05, 3.63) is 11.1 Å². The van der Waals surface area contributed by atoms with E-state index in [-0.39, 0.29) is 90.4 Å². The first-order valence-corrected chi connectivity index (χ1v) is 14.3. The molecule has 2 unspecified atom stereocenters. The van der Waals surface area contributed by atoms with E-state index in [1.807, 2.05) is 0 Å². The van der Waals surface area contributed by atoms with Gasteiger partial charge in [0.15, 0.2) is 0 Å². The van der Waals surface area contributed by atoms with E-state index >= 15 is 0 Å². The number of benzene rings is 1. The van der Waals surface area contributed by atoms with Crippen LogP contribution in [0, 0.1) is 0 Å². The second-order valence-corrected chi connectivity index (χ2v) is 12.2. The molecule has 0 saturated carbocycles. The molecule has 0 aliphatic rings. The molecule has 2 amide bonds. The molecule has 0 fully saturated rings. The Balaban J connectivity index is 3.22. The van der Waals surface area contributed by atoms with E-state index in [9.17, 15) is 19.8 Å². The molecule has 0 aliphatic carbocycles. The third kappa shape index (κ3) is 6.29. The molecule has 0 spiro atoms. The maximum atomic E-state index is 12.6. The fourth-order valence-electron chi connectivity index (χ4n) is 2.05. The molecule has 1 aromatic rings. The topological polar surface area (TPSA) is 165 Å². The van der Waals surface area contributed by atoms with Crippen LogP contribution in [0.2, 0.25) is 0 Å². The molecule has 0 aromatic heterocycles. The number of aliphatic hydroxyl groups is 4. The van der Waals surface area contributed by atoms with Crippen LogP contribution >= 0.6 is 0 Å². The molecule has 2 atom stereocenters. The van der Waals surface area contributed by atoms with Gasteiger partial charge in [-0.05, 0) is 0 Å². The first-order valence-electron chi connectivity index (χ1n) is 7.55. The Bertz CT molecular complexity index is 635. The summed E-state index contributed by atoms with van der Waals surface area (Å²) in [6, 6.07) is 0. The van der Waals surface area contributed by atoms with E-state index in [1.165, 1.54) is 0 Å². The molecule has 0 saturated heterocycles. The van der Waals surface area contributed by atoms with Crippen LogP contribution in [0.25, 0.3) is 0 Å². The van der Waals surface area contributed by atoms with Gasteiger partial charge in [-0.25, -0.2) is 0 Å². The van der Waals surface area contributed by atoms with Gasteiger partial charge < -0.3 is 0 Å². The molecule has 8 N–H and O–H groups in total. The normalized spacial score (nSPS) is 13.0. The summed E-state index contributed by atoms with van der Waals surface area (Å²) in [5.74, 6) is -0.845. The van der Waals surface area contributed by atoms with Crippen molar-refractivity contribution in [2.24, 2.45) is 0 Å². The quantitative estimate of drug-likeness (QED) is 0.101. The second-order valence-electron chi connectivity index (χ2n) is 5.50. The molecule has 1 rings (SSSR count). The predicted molar refractivity (Wildman–Crippen MR) is 97.9 cm³/mol. The van der Waals surface area contributed by atoms with Gasteiger partial charge in [-0.2, -0.15) is 0 Å². The number of hydrogen-bond donors (Lipinski definition) is 7. The fourth-order valence-corrected chi connectivity index (χ4v) is 15.3. The molecule has 26 heavy (non-hydrogen) atoms. The summed E-state index contributed by atoms with van der Waals surface area (Å²) in [6.45, 7) is -1.13. The molecule has 0 aliphatic heterocycles. The molecule has 0 heterocycles. The predicted octanol–water partition coefficient (Wildman–Crippen LogP) is -6.18. The Kier molecular flexibility index (Phi) is 10.9. The average Bonchev–Trinajstić information content (AvgIpc) is 2.62. The van der Waals surface area contributed by atoms with Gasteiger partial charge in [-0.1, -0.05) is 0 Å². The number of nitrogen functional groups attached to an aromatic ring is 1. The number of amides is 2. The van der Waals surface area contributed by atoms with Crippen LogP contribution in [0.4, 0.5) is 5.69 Å². The number of carbonyl (C=O) groups is 2. The number of anilines is 1. The van der Waals surface area contributed by atoms with Gasteiger partial charge in [-0.15, -0.1) is 0 Å². The summed E-state index contributed by atoms with van der Waals surface area (Å²) in [4.78, 5) is 25.1. The van der Waals surface area contributed by atoms with Crippen molar-refractivity contribution in [2.75, 3.05) is 32.0 Å². The number of rotatable bonds is 8. The van der Waals surface area contributed by atoms with Gasteiger partial charge in [0.1, 0.15) is 0 Å². The Morgan fingerprint density at radius 3 is 1.50 bits per heavy atom. The summed E-state index contributed by atoms with van der Waals surface area (Å²) < 4.78 is 2.16. The zero-order valence-electron chi connectivity index (χ0n) is 13.9. The zero-order valence-corrected chi connectivity index (χ0v) is 27.4. The standard InChI is InChI=1S/C14H18N3O6.3Tl/c15-10-2-8(13(22)16-4-11(20)6-18)1-9(3-10)14(23)17-5-12(21)7-19;;;/h11-12,18-21H,4-7,15H2,(H,16,22)(H,17,23);;;. The van der Waals surface area contributed by atoms with E-state index in [2.05, 4.69) is 10.6 Å². The van der Waals surface area contributed by atoms with E-state index in [4.69, 9.17) is 15.9 Å². The molecule has 9 nitrogen and oxygen atoms in total. The third-order valence-corrected chi connectivity index (χ3v) is 10.4. The van der Waals surface area contributed by atoms with Gasteiger partial charge in [0.25, 0.3) is 0 Å². The van der Waals surface area contributed by atoms with E-state index in [0.717, 1.165) is 6.25 Å². The molecular weight excluding hydrogens is 919 g/mol. The molecule has 1 aromatic carbocycles. The van der Waals surface area contributed by atoms with Crippen molar-refractivity contribution in [3.63, 3.8) is 0 Å². The fraction of sp³-hybridized carbons (Fsp3) is 0.429. The number of nitrogens with two attached hydrogens (primary N) is 1. The first kappa shape index (κ1) is 24.6. The molecule has 12 heteroatoms. The van der Waals surface area contributed by atoms with Crippen LogP contribution in [0.3, 0.4) is 0 Å². The Labute approximate surface area is 198 Å². The minimum atomic E-state index is -1.06. The summed E-state index contributed by atoms with van der Waals surface area (Å²) in [5, 5.41) is 41.7. The van der Waals surface area contributed by atoms with Crippen LogP contribution in [0.5, 0.6) is 0 Å². The number of hydrogen-bond acceptors (Lipinski definition) is 7. The summed E-state index contributed by atoms with van der Waals surface area (Å²) in [5.41, 5.74) is 7.40. The van der Waals surface area contributed by atoms with Crippen LogP contribution in [0.15, 0.2) is 0 Å². The molecule has 134 valence electrons. The van der Waals surface area contributed by atoms with Gasteiger partial charge in [0.05, 0.1) is 0 Å². The van der Waals surface area contributed by atoms with Gasteiger partial charge in [0, 0.05) is 0 Å². The summed E-state index contributed by atoms with van der Waals surface area (Å²) in [7, 11) is 0. The van der Waals surface area contributed by atoms with Crippen LogP contribution in [0.1, 0.15) is 20.7 Å². The maximum absolute atomic E-state index is 12.6. The average molecular weight is 937 g/mol. The van der Waals surface area contributed by atoms with Gasteiger partial charge in [0.2, 0.25) is 0 Å². The first-order chi connectivity index (χ1) is 12.1. The zero-order chi connectivity index (χ0) is 20.0. The van der Waals surface area contributed by atoms with Crippen LogP contribution in [-0.4, -0.2) is 148 Å². The number of nitrogens with one attached hydrogen (secondary N) is 2. The Hall–Kier alpha value is 0.566. The van der Waals surface area contributed by atoms with Crippen molar-refractivity contribution in [3.8, 4) is 0 Å². The number of carbonyl (C=O) groups excluding carboxylic acids is 2. The molecule has 0 bridgehead atoms. The van der Waals surface area contributed by atoms with E-state index in [0.29, 0.717) is 19.9 Å². The summed E-state index contributed by atoms with van der Waals surface area (Å²) in [6.07, 6.45) is -2.11. The van der Waals surface area contributed by atoms with Crippen molar-refractivity contribution < 1.29 is 30.0 Å². The van der Waals surface area contributed by atoms with Crippen molar-refractivity contribution >= 4 is 104 Å². The van der Waals surface area contributed by atoms with Crippen molar-refractivity contribution in [1.82, 2.24) is 10.6 Å². The van der Waals surface area contributed by atoms with Crippen molar-refractivity contribution in [2.45, 2.75) is 12.2 Å². The number of aliphatic hydroxyl groups excluding tert-OH is 4. The van der Waals surface area contributed by atoms with E-state index in [1.54, 1.807) is 0 Å². The second kappa shape index (κ2) is 11.5. The summed E-state index contributed by atoms with van der Waals surface area (Å²) >= 11 is 0.751.